The van der Waals surface area contributed by atoms with E-state index in [1.54, 1.807) is 6.20 Å². The number of hydrogen-bond acceptors (Lipinski definition) is 5. The van der Waals surface area contributed by atoms with Gasteiger partial charge in [0.2, 0.25) is 11.9 Å². The number of allylic oxidation sites excluding steroid dienone is 1. The third-order valence-corrected chi connectivity index (χ3v) is 5.54. The second-order valence-corrected chi connectivity index (χ2v) is 9.90. The molecule has 0 saturated carbocycles. The summed E-state index contributed by atoms with van der Waals surface area (Å²) in [7, 11) is 4.10. The number of carbonyl (C=O) groups is 1. The van der Waals surface area contributed by atoms with Gasteiger partial charge in [-0.1, -0.05) is 57.2 Å². The molecular weight excluding hydrogens is 436 g/mol. The van der Waals surface area contributed by atoms with Gasteiger partial charge in [0.15, 0.2) is 0 Å². The van der Waals surface area contributed by atoms with E-state index in [1.165, 1.54) is 5.56 Å². The molecule has 1 amide bonds. The van der Waals surface area contributed by atoms with Crippen molar-refractivity contribution >= 4 is 23.6 Å². The van der Waals surface area contributed by atoms with Gasteiger partial charge in [-0.2, -0.15) is 0 Å². The second-order valence-electron chi connectivity index (χ2n) is 9.90. The number of aromatic nitrogens is 4. The van der Waals surface area contributed by atoms with Crippen LogP contribution in [0.3, 0.4) is 0 Å². The third kappa shape index (κ3) is 5.46. The summed E-state index contributed by atoms with van der Waals surface area (Å²) in [6.07, 6.45) is 7.78. The van der Waals surface area contributed by atoms with Gasteiger partial charge < -0.3 is 4.90 Å². The smallest absolute Gasteiger partial charge is 0.232 e. The average Bonchev–Trinajstić information content (AvgIpc) is 3.17. The molecule has 3 heterocycles. The zero-order valence-electron chi connectivity index (χ0n) is 21.2. The second kappa shape index (κ2) is 9.80. The predicted molar refractivity (Wildman–Crippen MR) is 142 cm³/mol. The molecular formula is C28H32N6O. The van der Waals surface area contributed by atoms with Gasteiger partial charge in [0, 0.05) is 29.9 Å². The Kier molecular flexibility index (Phi) is 6.80. The van der Waals surface area contributed by atoms with Crippen molar-refractivity contribution in [3.63, 3.8) is 0 Å². The monoisotopic (exact) mass is 468 g/mol. The van der Waals surface area contributed by atoms with Crippen LogP contribution < -0.4 is 5.32 Å². The van der Waals surface area contributed by atoms with E-state index in [4.69, 9.17) is 9.97 Å². The van der Waals surface area contributed by atoms with Crippen LogP contribution in [0.15, 0.2) is 60.9 Å². The number of benzene rings is 1. The molecule has 0 radical (unpaired) electrons. The number of carbonyl (C=O) groups excluding carboxylic acids is 1. The Morgan fingerprint density at radius 2 is 1.83 bits per heavy atom. The Morgan fingerprint density at radius 3 is 2.49 bits per heavy atom. The van der Waals surface area contributed by atoms with Gasteiger partial charge in [-0.25, -0.2) is 15.0 Å². The molecule has 7 heteroatoms. The molecule has 4 aromatic rings. The van der Waals surface area contributed by atoms with Crippen LogP contribution in [-0.4, -0.2) is 44.3 Å². The molecule has 7 nitrogen and oxygen atoms in total. The lowest BCUT2D eigenvalue weighted by Crippen LogP contribution is -2.28. The molecule has 0 spiro atoms. The number of nitrogens with one attached hydrogen (secondary N) is 1. The first-order valence-corrected chi connectivity index (χ1v) is 11.7. The van der Waals surface area contributed by atoms with Gasteiger partial charge in [0.1, 0.15) is 5.65 Å². The van der Waals surface area contributed by atoms with E-state index in [9.17, 15) is 4.79 Å². The van der Waals surface area contributed by atoms with Crippen molar-refractivity contribution in [2.75, 3.05) is 19.4 Å². The minimum absolute atomic E-state index is 0.138. The number of fused-ring (bicyclic) bond motifs is 1. The highest BCUT2D eigenvalue weighted by Gasteiger charge is 2.23. The molecule has 0 unspecified atom stereocenters. The van der Waals surface area contributed by atoms with Crippen molar-refractivity contribution in [3.05, 3.63) is 72.1 Å². The first kappa shape index (κ1) is 24.3. The molecule has 1 aromatic carbocycles. The highest BCUT2D eigenvalue weighted by Crippen LogP contribution is 2.33. The van der Waals surface area contributed by atoms with Crippen LogP contribution in [0.2, 0.25) is 0 Å². The summed E-state index contributed by atoms with van der Waals surface area (Å²) in [5.41, 5.74) is 5.94. The van der Waals surface area contributed by atoms with Gasteiger partial charge in [-0.05, 0) is 50.3 Å². The Hall–Kier alpha value is -3.84. The van der Waals surface area contributed by atoms with Gasteiger partial charge in [0.05, 0.1) is 17.1 Å². The average molecular weight is 469 g/mol. The largest absolute Gasteiger partial charge is 0.305 e. The topological polar surface area (TPSA) is 75.4 Å². The predicted octanol–water partition coefficient (Wildman–Crippen LogP) is 5.54. The van der Waals surface area contributed by atoms with E-state index in [0.717, 1.165) is 34.7 Å². The molecule has 0 saturated heterocycles. The quantitative estimate of drug-likeness (QED) is 0.402. The fraction of sp³-hybridized carbons (Fsp3) is 0.286. The van der Waals surface area contributed by atoms with Crippen molar-refractivity contribution in [2.45, 2.75) is 34.2 Å². The standard InChI is InChI=1S/C28H32N6O/c1-7-8-19-9-11-21(12-10-19)24-25(34-16-14-20(18-33(5)6)17-23(34)31-24)22-13-15-29-27(30-22)32-26(35)28(2,3)4/h7-17H,18H2,1-6H3,(H,29,30,32,35)/b8-7+. The molecule has 35 heavy (non-hydrogen) atoms. The molecule has 4 rings (SSSR count). The maximum Gasteiger partial charge on any atom is 0.232 e. The van der Waals surface area contributed by atoms with E-state index in [2.05, 4.69) is 57.7 Å². The SMILES string of the molecule is C/C=C/c1ccc(-c2nc3cc(CN(C)C)ccn3c2-c2ccnc(NC(=O)C(C)(C)C)n2)cc1. The number of nitrogens with zero attached hydrogens (tertiary/aromatic N) is 5. The van der Waals surface area contributed by atoms with Crippen molar-refractivity contribution in [3.8, 4) is 22.6 Å². The molecule has 180 valence electrons. The molecule has 0 aliphatic heterocycles. The van der Waals surface area contributed by atoms with Crippen LogP contribution in [0.4, 0.5) is 5.95 Å². The number of amides is 1. The van der Waals surface area contributed by atoms with Crippen molar-refractivity contribution in [2.24, 2.45) is 5.41 Å². The molecule has 1 N–H and O–H groups in total. The maximum absolute atomic E-state index is 12.5. The van der Waals surface area contributed by atoms with E-state index < -0.39 is 5.41 Å². The van der Waals surface area contributed by atoms with Crippen LogP contribution in [0, 0.1) is 5.41 Å². The van der Waals surface area contributed by atoms with Crippen LogP contribution in [0.1, 0.15) is 38.8 Å². The molecule has 0 atom stereocenters. The minimum atomic E-state index is -0.550. The molecule has 0 bridgehead atoms. The molecule has 3 aromatic heterocycles. The van der Waals surface area contributed by atoms with Crippen molar-refractivity contribution in [1.29, 1.82) is 0 Å². The van der Waals surface area contributed by atoms with Gasteiger partial charge in [0.25, 0.3) is 0 Å². The van der Waals surface area contributed by atoms with Gasteiger partial charge >= 0.3 is 0 Å². The fourth-order valence-corrected chi connectivity index (χ4v) is 3.78. The molecule has 0 aliphatic carbocycles. The highest BCUT2D eigenvalue weighted by molar-refractivity contribution is 5.93. The lowest BCUT2D eigenvalue weighted by molar-refractivity contribution is -0.123. The summed E-state index contributed by atoms with van der Waals surface area (Å²) in [6, 6.07) is 14.4. The van der Waals surface area contributed by atoms with Crippen molar-refractivity contribution in [1.82, 2.24) is 24.3 Å². The number of anilines is 1. The Labute approximate surface area is 206 Å². The normalized spacial score (nSPS) is 12.1. The number of rotatable bonds is 6. The Bertz CT molecular complexity index is 1380. The minimum Gasteiger partial charge on any atom is -0.305 e. The van der Waals surface area contributed by atoms with Crippen LogP contribution in [-0.2, 0) is 11.3 Å². The zero-order chi connectivity index (χ0) is 25.2. The number of pyridine rings is 1. The molecule has 0 fully saturated rings. The lowest BCUT2D eigenvalue weighted by Gasteiger charge is -2.16. The first-order chi connectivity index (χ1) is 16.7. The van der Waals surface area contributed by atoms with E-state index >= 15 is 0 Å². The van der Waals surface area contributed by atoms with E-state index in [1.807, 2.05) is 64.5 Å². The van der Waals surface area contributed by atoms with Crippen molar-refractivity contribution < 1.29 is 4.79 Å². The van der Waals surface area contributed by atoms with Crippen LogP contribution in [0.25, 0.3) is 34.4 Å². The Balaban J connectivity index is 1.86. The first-order valence-electron chi connectivity index (χ1n) is 11.7. The van der Waals surface area contributed by atoms with E-state index in [-0.39, 0.29) is 11.9 Å². The summed E-state index contributed by atoms with van der Waals surface area (Å²) >= 11 is 0. The lowest BCUT2D eigenvalue weighted by atomic mass is 9.96. The van der Waals surface area contributed by atoms with E-state index in [0.29, 0.717) is 5.69 Å². The molecule has 0 aliphatic rings. The van der Waals surface area contributed by atoms with Gasteiger partial charge in [-0.3, -0.25) is 14.5 Å². The van der Waals surface area contributed by atoms with Crippen LogP contribution in [0.5, 0.6) is 0 Å². The van der Waals surface area contributed by atoms with Crippen LogP contribution >= 0.6 is 0 Å². The summed E-state index contributed by atoms with van der Waals surface area (Å²) in [6.45, 7) is 8.40. The zero-order valence-corrected chi connectivity index (χ0v) is 21.2. The number of imidazole rings is 1. The summed E-state index contributed by atoms with van der Waals surface area (Å²) in [5, 5.41) is 2.84. The van der Waals surface area contributed by atoms with Gasteiger partial charge in [-0.15, -0.1) is 0 Å². The third-order valence-electron chi connectivity index (χ3n) is 5.54. The summed E-state index contributed by atoms with van der Waals surface area (Å²) < 4.78 is 2.05. The number of hydrogen-bond donors (Lipinski definition) is 1. The summed E-state index contributed by atoms with van der Waals surface area (Å²) in [5.74, 6) is 0.136. The maximum atomic E-state index is 12.5. The highest BCUT2D eigenvalue weighted by atomic mass is 16.2. The summed E-state index contributed by atoms with van der Waals surface area (Å²) in [4.78, 5) is 28.6. The fourth-order valence-electron chi connectivity index (χ4n) is 3.78. The Morgan fingerprint density at radius 1 is 1.09 bits per heavy atom.